The Kier molecular flexibility index (Phi) is 8.48. The van der Waals surface area contributed by atoms with Gasteiger partial charge in [-0.2, -0.15) is 0 Å². The van der Waals surface area contributed by atoms with Crippen LogP contribution < -0.4 is 0 Å². The molecule has 0 bridgehead atoms. The van der Waals surface area contributed by atoms with Crippen molar-refractivity contribution in [3.05, 3.63) is 0 Å². The summed E-state index contributed by atoms with van der Waals surface area (Å²) in [6.07, 6.45) is 2.18. The Hall–Kier alpha value is -0.380. The minimum atomic E-state index is -2.96. The molecule has 0 spiro atoms. The summed E-state index contributed by atoms with van der Waals surface area (Å²) in [5, 5.41) is 0. The molecule has 0 saturated carbocycles. The first-order valence-corrected chi connectivity index (χ1v) is 7.59. The van der Waals surface area contributed by atoms with E-state index in [4.69, 9.17) is 13.8 Å². The van der Waals surface area contributed by atoms with Gasteiger partial charge in [-0.25, -0.2) is 0 Å². The Morgan fingerprint density at radius 1 is 1.35 bits per heavy atom. The van der Waals surface area contributed by atoms with E-state index >= 15 is 0 Å². The van der Waals surface area contributed by atoms with Crippen molar-refractivity contribution in [3.63, 3.8) is 0 Å². The molecule has 0 N–H and O–H groups in total. The molecule has 0 aliphatic rings. The fraction of sp³-hybridized carbons (Fsp3) is 0.909. The number of rotatable bonds is 9. The van der Waals surface area contributed by atoms with Crippen LogP contribution in [-0.4, -0.2) is 32.5 Å². The monoisotopic (exact) mass is 266 g/mol. The second-order valence-corrected chi connectivity index (χ2v) is 6.37. The first kappa shape index (κ1) is 16.6. The van der Waals surface area contributed by atoms with E-state index < -0.39 is 7.60 Å². The van der Waals surface area contributed by atoms with Crippen LogP contribution in [0, 0.1) is 5.92 Å². The van der Waals surface area contributed by atoms with Crippen molar-refractivity contribution in [2.75, 3.05) is 26.5 Å². The summed E-state index contributed by atoms with van der Waals surface area (Å²) in [5.74, 6) is -0.318. The largest absolute Gasteiger partial charge is 0.466 e. The molecule has 0 aromatic heterocycles. The molecule has 6 heteroatoms. The average Bonchev–Trinajstić information content (AvgIpc) is 2.31. The predicted octanol–water partition coefficient (Wildman–Crippen LogP) is 2.84. The van der Waals surface area contributed by atoms with E-state index in [0.29, 0.717) is 6.16 Å². The number of esters is 1. The number of carbonyl (C=O) groups excluding carboxylic acids is 1. The highest BCUT2D eigenvalue weighted by Crippen LogP contribution is 2.48. The molecule has 102 valence electrons. The van der Waals surface area contributed by atoms with Gasteiger partial charge in [-0.3, -0.25) is 9.36 Å². The third-order valence-corrected chi connectivity index (χ3v) is 4.15. The van der Waals surface area contributed by atoms with Gasteiger partial charge in [-0.1, -0.05) is 20.3 Å². The standard InChI is InChI=1S/C11H23O5P/c1-5-6-7-17(13,14-4)16-9-10(2)8-15-11(3)12/h10H,5-9H2,1-4H3/t10-,17?/m1/s1. The van der Waals surface area contributed by atoms with Crippen LogP contribution >= 0.6 is 7.60 Å². The highest BCUT2D eigenvalue weighted by atomic mass is 31.2. The van der Waals surface area contributed by atoms with Gasteiger partial charge in [0.1, 0.15) is 0 Å². The number of ether oxygens (including phenoxy) is 1. The molecule has 0 aromatic rings. The lowest BCUT2D eigenvalue weighted by Crippen LogP contribution is -2.15. The van der Waals surface area contributed by atoms with E-state index in [1.165, 1.54) is 14.0 Å². The molecule has 5 nitrogen and oxygen atoms in total. The van der Waals surface area contributed by atoms with Crippen LogP contribution in [-0.2, 0) is 23.1 Å². The maximum absolute atomic E-state index is 12.0. The number of unbranched alkanes of at least 4 members (excludes halogenated alkanes) is 1. The minimum Gasteiger partial charge on any atom is -0.466 e. The van der Waals surface area contributed by atoms with Crippen molar-refractivity contribution in [1.82, 2.24) is 0 Å². The van der Waals surface area contributed by atoms with Gasteiger partial charge in [0.2, 0.25) is 0 Å². The first-order chi connectivity index (χ1) is 7.93. The molecular formula is C11H23O5P. The summed E-state index contributed by atoms with van der Waals surface area (Å²) in [6, 6.07) is 0. The molecular weight excluding hydrogens is 243 g/mol. The molecule has 0 saturated heterocycles. The van der Waals surface area contributed by atoms with Crippen LogP contribution in [0.15, 0.2) is 0 Å². The van der Waals surface area contributed by atoms with E-state index in [2.05, 4.69) is 0 Å². The average molecular weight is 266 g/mol. The Labute approximate surface area is 103 Å². The van der Waals surface area contributed by atoms with Crippen LogP contribution in [0.4, 0.5) is 0 Å². The van der Waals surface area contributed by atoms with Crippen LogP contribution in [0.5, 0.6) is 0 Å². The topological polar surface area (TPSA) is 61.8 Å². The summed E-state index contributed by atoms with van der Waals surface area (Å²) in [7, 11) is -1.56. The molecule has 0 aliphatic carbocycles. The summed E-state index contributed by atoms with van der Waals surface area (Å²) in [4.78, 5) is 10.6. The van der Waals surface area contributed by atoms with E-state index in [1.807, 2.05) is 13.8 Å². The lowest BCUT2D eigenvalue weighted by atomic mass is 10.2. The lowest BCUT2D eigenvalue weighted by Gasteiger charge is -2.18. The molecule has 2 atom stereocenters. The Bertz CT molecular complexity index is 267. The van der Waals surface area contributed by atoms with Crippen molar-refractivity contribution >= 4 is 13.6 Å². The zero-order chi connectivity index (χ0) is 13.3. The van der Waals surface area contributed by atoms with Crippen molar-refractivity contribution < 1.29 is 23.1 Å². The van der Waals surface area contributed by atoms with Gasteiger partial charge in [0.15, 0.2) is 0 Å². The Morgan fingerprint density at radius 3 is 2.47 bits per heavy atom. The fourth-order valence-electron chi connectivity index (χ4n) is 1.11. The molecule has 0 heterocycles. The molecule has 0 amide bonds. The van der Waals surface area contributed by atoms with Crippen LogP contribution in [0.25, 0.3) is 0 Å². The molecule has 0 fully saturated rings. The molecule has 0 radical (unpaired) electrons. The lowest BCUT2D eigenvalue weighted by molar-refractivity contribution is -0.142. The van der Waals surface area contributed by atoms with Gasteiger partial charge in [0.05, 0.1) is 19.4 Å². The maximum Gasteiger partial charge on any atom is 0.330 e. The van der Waals surface area contributed by atoms with E-state index in [9.17, 15) is 9.36 Å². The van der Waals surface area contributed by atoms with Crippen molar-refractivity contribution in [1.29, 1.82) is 0 Å². The molecule has 0 aliphatic heterocycles. The van der Waals surface area contributed by atoms with E-state index in [-0.39, 0.29) is 25.1 Å². The smallest absolute Gasteiger partial charge is 0.330 e. The van der Waals surface area contributed by atoms with Gasteiger partial charge in [0.25, 0.3) is 0 Å². The first-order valence-electron chi connectivity index (χ1n) is 5.86. The fourth-order valence-corrected chi connectivity index (χ4v) is 2.71. The van der Waals surface area contributed by atoms with Gasteiger partial charge < -0.3 is 13.8 Å². The van der Waals surface area contributed by atoms with E-state index in [1.54, 1.807) is 0 Å². The van der Waals surface area contributed by atoms with Crippen molar-refractivity contribution in [2.24, 2.45) is 5.92 Å². The SMILES string of the molecule is CCCCP(=O)(OC)OC[C@H](C)COC(C)=O. The maximum atomic E-state index is 12.0. The summed E-state index contributed by atoms with van der Waals surface area (Å²) < 4.78 is 27.1. The van der Waals surface area contributed by atoms with E-state index in [0.717, 1.165) is 12.8 Å². The summed E-state index contributed by atoms with van der Waals surface area (Å²) in [5.41, 5.74) is 0. The Balaban J connectivity index is 3.96. The van der Waals surface area contributed by atoms with Crippen LogP contribution in [0.1, 0.15) is 33.6 Å². The van der Waals surface area contributed by atoms with Gasteiger partial charge in [-0.05, 0) is 6.42 Å². The Morgan fingerprint density at radius 2 is 2.00 bits per heavy atom. The third-order valence-electron chi connectivity index (χ3n) is 2.19. The molecule has 17 heavy (non-hydrogen) atoms. The summed E-state index contributed by atoms with van der Waals surface area (Å²) >= 11 is 0. The quantitative estimate of drug-likeness (QED) is 0.474. The second-order valence-electron chi connectivity index (χ2n) is 4.07. The second kappa shape index (κ2) is 8.67. The molecule has 1 unspecified atom stereocenters. The third kappa shape index (κ3) is 8.36. The molecule has 0 rings (SSSR count). The van der Waals surface area contributed by atoms with Crippen LogP contribution in [0.2, 0.25) is 0 Å². The minimum absolute atomic E-state index is 0.00371. The van der Waals surface area contributed by atoms with Gasteiger partial charge in [0, 0.05) is 20.0 Å². The van der Waals surface area contributed by atoms with Crippen LogP contribution in [0.3, 0.4) is 0 Å². The zero-order valence-corrected chi connectivity index (χ0v) is 12.0. The van der Waals surface area contributed by atoms with Gasteiger partial charge in [-0.15, -0.1) is 0 Å². The summed E-state index contributed by atoms with van der Waals surface area (Å²) in [6.45, 7) is 5.77. The van der Waals surface area contributed by atoms with Gasteiger partial charge >= 0.3 is 13.6 Å². The highest BCUT2D eigenvalue weighted by molar-refractivity contribution is 7.53. The van der Waals surface area contributed by atoms with Crippen molar-refractivity contribution in [2.45, 2.75) is 33.6 Å². The molecule has 0 aromatic carbocycles. The number of carbonyl (C=O) groups is 1. The number of hydrogen-bond donors (Lipinski definition) is 0. The zero-order valence-electron chi connectivity index (χ0n) is 11.1. The van der Waals surface area contributed by atoms with Crippen molar-refractivity contribution in [3.8, 4) is 0 Å². The predicted molar refractivity (Wildman–Crippen MR) is 66.1 cm³/mol. The highest BCUT2D eigenvalue weighted by Gasteiger charge is 2.23. The number of hydrogen-bond acceptors (Lipinski definition) is 5. The normalized spacial score (nSPS) is 16.2.